The quantitative estimate of drug-likeness (QED) is 0.0186. The monoisotopic (exact) mass is 1140 g/mol. The first kappa shape index (κ1) is 65.7. The third-order valence-electron chi connectivity index (χ3n) is 14.5. The van der Waals surface area contributed by atoms with Gasteiger partial charge in [0.25, 0.3) is 5.91 Å². The predicted molar refractivity (Wildman–Crippen MR) is 311 cm³/mol. The number of likely N-dealkylation sites (N-methyl/N-ethyl adjacent to an activating group) is 1. The Labute approximate surface area is 475 Å². The van der Waals surface area contributed by atoms with Gasteiger partial charge >= 0.3 is 5.97 Å². The minimum Gasteiger partial charge on any atom is -0.455 e. The lowest BCUT2D eigenvalue weighted by atomic mass is 9.92. The summed E-state index contributed by atoms with van der Waals surface area (Å²) in [4.78, 5) is 116. The van der Waals surface area contributed by atoms with Crippen molar-refractivity contribution in [3.8, 4) is 0 Å². The number of nitrogens with one attached hydrogen (secondary N) is 5. The molecule has 21 heteroatoms. The van der Waals surface area contributed by atoms with Gasteiger partial charge in [0.2, 0.25) is 29.5 Å². The van der Waals surface area contributed by atoms with E-state index in [1.165, 1.54) is 33.4 Å². The zero-order valence-corrected chi connectivity index (χ0v) is 49.8. The molecule has 2 aromatic rings. The summed E-state index contributed by atoms with van der Waals surface area (Å²) in [5.74, 6) is -2.16. The van der Waals surface area contributed by atoms with E-state index in [4.69, 9.17) is 15.5 Å². The van der Waals surface area contributed by atoms with Crippen molar-refractivity contribution in [2.24, 2.45) is 29.4 Å². The molecule has 0 saturated carbocycles. The number of nitrogens with zero attached hydrogens (tertiary/aromatic N) is 3. The van der Waals surface area contributed by atoms with Crippen molar-refractivity contribution in [1.29, 1.82) is 0 Å². The minimum absolute atomic E-state index is 0.0559. The number of hydrogen-bond acceptors (Lipinski definition) is 15. The molecule has 434 valence electrons. The van der Waals surface area contributed by atoms with Gasteiger partial charge in [0, 0.05) is 80.7 Å². The Morgan fingerprint density at radius 3 is 2.32 bits per heavy atom. The summed E-state index contributed by atoms with van der Waals surface area (Å²) < 4.78 is 5.94. The van der Waals surface area contributed by atoms with E-state index in [1.807, 2.05) is 83.8 Å². The van der Waals surface area contributed by atoms with E-state index in [0.29, 0.717) is 67.6 Å². The highest BCUT2D eigenvalue weighted by Gasteiger charge is 2.40. The Bertz CT molecular complexity index is 2270. The molecule has 18 nitrogen and oxygen atoms in total. The molecule has 2 unspecified atom stereocenters. The van der Waals surface area contributed by atoms with Crippen LogP contribution in [0, 0.1) is 23.7 Å². The molecule has 4 rings (SSSR count). The number of ketones is 1. The molecule has 0 radical (unpaired) electrons. The topological polar surface area (TPSA) is 251 Å². The van der Waals surface area contributed by atoms with E-state index >= 15 is 4.79 Å². The maximum absolute atomic E-state index is 15.0. The number of hydrogen-bond donors (Lipinski definition) is 6. The molecule has 1 fully saturated rings. The second-order valence-corrected chi connectivity index (χ2v) is 24.8. The summed E-state index contributed by atoms with van der Waals surface area (Å²) >= 11 is 1.14. The fourth-order valence-electron chi connectivity index (χ4n) is 9.66. The molecule has 78 heavy (non-hydrogen) atoms. The summed E-state index contributed by atoms with van der Waals surface area (Å²) in [6, 6.07) is 6.46. The minimum atomic E-state index is -0.999. The Kier molecular flexibility index (Phi) is 29.5. The van der Waals surface area contributed by atoms with Crippen molar-refractivity contribution in [3.63, 3.8) is 0 Å². The molecule has 7 N–H and O–H groups in total. The molecule has 1 aliphatic carbocycles. The van der Waals surface area contributed by atoms with Crippen molar-refractivity contribution in [1.82, 2.24) is 41.4 Å². The van der Waals surface area contributed by atoms with Gasteiger partial charge in [-0.15, -0.1) is 11.3 Å². The number of ether oxygens (including phenoxy) is 1. The molecule has 1 aliphatic heterocycles. The predicted octanol–water partition coefficient (Wildman–Crippen LogP) is 6.55. The fraction of sp³-hybridized carbons (Fsp3) is 0.667. The molecule has 0 spiro atoms. The highest BCUT2D eigenvalue weighted by atomic mass is 33.1. The van der Waals surface area contributed by atoms with Gasteiger partial charge in [0.15, 0.2) is 6.10 Å². The number of carbonyl (C=O) groups excluding carboxylic acids is 8. The van der Waals surface area contributed by atoms with Crippen LogP contribution in [0.5, 0.6) is 0 Å². The standard InChI is InChI=1S/C57H89N9O9S3/c1-9-11-25-59-50(69)34-66(57(74)51(38(5)10-2)64-55(73)47-23-17-18-28-65(47)8)48(37(3)4)33-49(75-40(7)67)56-63-46(36-76-56)54(72)62-43(31-41-19-13-12-14-20-41)30-39(6)52(70)61-27-29-77-78-35-45(58)53(71)60-26-24-44(68)32-42-21-15-16-22-42/h12-15,19-21,36-39,42-43,45,47-49,51H,9-11,16-18,22-35,58H2,1-8H3,(H,59,69)(H,60,71)(H,61,70)(H,62,72)(H,64,73)/t38?,39-,42?,43+,45+,47+,48+,49+,51-/m0/s1. The van der Waals surface area contributed by atoms with E-state index in [0.717, 1.165) is 62.0 Å². The number of unbranched alkanes of at least 4 members (excludes halogenated alkanes) is 1. The molecular weight excluding hydrogens is 1050 g/mol. The number of carbonyl (C=O) groups is 8. The number of benzene rings is 1. The number of Topliss-reactive ketones (excluding diaryl/α,β-unsaturated/α-hetero) is 1. The lowest BCUT2D eigenvalue weighted by Gasteiger charge is -2.39. The molecule has 2 heterocycles. The van der Waals surface area contributed by atoms with Crippen molar-refractivity contribution in [3.05, 3.63) is 64.1 Å². The summed E-state index contributed by atoms with van der Waals surface area (Å²) in [5.41, 5.74) is 7.16. The van der Waals surface area contributed by atoms with Gasteiger partial charge in [0.1, 0.15) is 22.5 Å². The highest BCUT2D eigenvalue weighted by Crippen LogP contribution is 2.32. The maximum atomic E-state index is 15.0. The third-order valence-corrected chi connectivity index (χ3v) is 17.8. The average molecular weight is 1140 g/mol. The summed E-state index contributed by atoms with van der Waals surface area (Å²) in [6.45, 7) is 14.4. The summed E-state index contributed by atoms with van der Waals surface area (Å²) in [7, 11) is 4.84. The lowest BCUT2D eigenvalue weighted by Crippen LogP contribution is -2.60. The van der Waals surface area contributed by atoms with Crippen LogP contribution < -0.4 is 32.3 Å². The fourth-order valence-corrected chi connectivity index (χ4v) is 12.5. The number of amides is 6. The first-order valence-corrected chi connectivity index (χ1v) is 31.5. The smallest absolute Gasteiger partial charge is 0.303 e. The second kappa shape index (κ2) is 35.0. The number of piperidine rings is 1. The maximum Gasteiger partial charge on any atom is 0.303 e. The lowest BCUT2D eigenvalue weighted by molar-refractivity contribution is -0.151. The zero-order valence-electron chi connectivity index (χ0n) is 47.4. The van der Waals surface area contributed by atoms with Gasteiger partial charge in [-0.25, -0.2) is 4.98 Å². The summed E-state index contributed by atoms with van der Waals surface area (Å²) in [6.07, 6.45) is 11.6. The van der Waals surface area contributed by atoms with E-state index in [-0.39, 0.29) is 78.9 Å². The zero-order chi connectivity index (χ0) is 57.1. The normalized spacial score (nSPS) is 18.1. The molecule has 9 atom stereocenters. The van der Waals surface area contributed by atoms with Gasteiger partial charge < -0.3 is 42.0 Å². The molecule has 6 amide bonds. The van der Waals surface area contributed by atoms with E-state index in [2.05, 4.69) is 38.7 Å². The van der Waals surface area contributed by atoms with Crippen LogP contribution in [0.15, 0.2) is 47.9 Å². The number of likely N-dealkylation sites (tertiary alicyclic amines) is 1. The van der Waals surface area contributed by atoms with Gasteiger partial charge in [0.05, 0.1) is 18.6 Å². The van der Waals surface area contributed by atoms with E-state index in [9.17, 15) is 33.6 Å². The van der Waals surface area contributed by atoms with Gasteiger partial charge in [-0.05, 0) is 81.9 Å². The molecule has 0 bridgehead atoms. The molecule has 2 aliphatic rings. The van der Waals surface area contributed by atoms with Crippen LogP contribution >= 0.6 is 32.9 Å². The largest absolute Gasteiger partial charge is 0.455 e. The first-order chi connectivity index (χ1) is 37.3. The van der Waals surface area contributed by atoms with Gasteiger partial charge in [-0.3, -0.25) is 43.3 Å². The van der Waals surface area contributed by atoms with Gasteiger partial charge in [-0.1, -0.05) is 125 Å². The number of aromatic nitrogens is 1. The molecule has 1 aromatic heterocycles. The van der Waals surface area contributed by atoms with Crippen LogP contribution in [0.1, 0.15) is 153 Å². The van der Waals surface area contributed by atoms with Crippen LogP contribution in [0.25, 0.3) is 0 Å². The van der Waals surface area contributed by atoms with Crippen LogP contribution in [0.3, 0.4) is 0 Å². The van der Waals surface area contributed by atoms with Crippen LogP contribution in [0.2, 0.25) is 0 Å². The molecule has 1 aromatic carbocycles. The van der Waals surface area contributed by atoms with E-state index < -0.39 is 54.0 Å². The molecule has 1 saturated heterocycles. The Hall–Kier alpha value is -4.83. The average Bonchev–Trinajstić information content (AvgIpc) is 4.13. The highest BCUT2D eigenvalue weighted by molar-refractivity contribution is 8.76. The second-order valence-electron chi connectivity index (χ2n) is 21.3. The van der Waals surface area contributed by atoms with Crippen molar-refractivity contribution >= 4 is 80.1 Å². The number of nitrogens with two attached hydrogens (primary N) is 1. The summed E-state index contributed by atoms with van der Waals surface area (Å²) in [5, 5.41) is 16.8. The Morgan fingerprint density at radius 1 is 0.910 bits per heavy atom. The third kappa shape index (κ3) is 22.7. The number of thiazole rings is 1. The van der Waals surface area contributed by atoms with Crippen molar-refractivity contribution < 1.29 is 43.1 Å². The van der Waals surface area contributed by atoms with Gasteiger partial charge in [-0.2, -0.15) is 0 Å². The Balaban J connectivity index is 1.42. The van der Waals surface area contributed by atoms with Crippen molar-refractivity contribution in [2.45, 2.75) is 168 Å². The number of rotatable bonds is 35. The number of esters is 1. The molecular formula is C57H89N9O9S3. The van der Waals surface area contributed by atoms with Crippen LogP contribution in [0.4, 0.5) is 0 Å². The van der Waals surface area contributed by atoms with Crippen molar-refractivity contribution in [2.75, 3.05) is 51.3 Å². The Morgan fingerprint density at radius 2 is 1.65 bits per heavy atom. The SMILES string of the molecule is CCCCNC(=O)CN(C(=O)[C@@H](NC(=O)[C@H]1CCCCN1C)C(C)CC)[C@H](C[C@@H](OC(C)=O)c1nc(C(=O)N[C@@H](Cc2ccccc2)C[C@H](C)C(=O)NCCSSC[C@@H](N)C(=O)NCCC(=O)CC2C=CCC2)cs1)C(C)C. The van der Waals surface area contributed by atoms with Crippen LogP contribution in [-0.2, 0) is 44.7 Å². The van der Waals surface area contributed by atoms with Crippen LogP contribution in [-0.4, -0.2) is 143 Å². The first-order valence-electron chi connectivity index (χ1n) is 28.1. The van der Waals surface area contributed by atoms with E-state index in [1.54, 1.807) is 5.38 Å². The number of allylic oxidation sites excluding steroid dienone is 2.